The van der Waals surface area contributed by atoms with Crippen molar-refractivity contribution in [2.45, 2.75) is 20.8 Å². The maximum atomic E-state index is 10.6. The van der Waals surface area contributed by atoms with E-state index in [0.717, 1.165) is 0 Å². The average molecular weight is 156 g/mol. The molecule has 62 valence electrons. The summed E-state index contributed by atoms with van der Waals surface area (Å²) in [5, 5.41) is 0. The van der Waals surface area contributed by atoms with E-state index in [1.807, 2.05) is 0 Å². The predicted molar refractivity (Wildman–Crippen MR) is 41.1 cm³/mol. The number of Topliss-reactive ketones (excluding diaryl/α,β-unsaturated/α-hetero) is 1. The minimum absolute atomic E-state index is 0.00264. The zero-order chi connectivity index (χ0) is 8.85. The van der Waals surface area contributed by atoms with Gasteiger partial charge in [-0.2, -0.15) is 0 Å². The van der Waals surface area contributed by atoms with Gasteiger partial charge in [-0.1, -0.05) is 0 Å². The van der Waals surface area contributed by atoms with Crippen molar-refractivity contribution < 1.29 is 14.3 Å². The second-order valence-electron chi connectivity index (χ2n) is 2.25. The number of ketones is 1. The van der Waals surface area contributed by atoms with Crippen LogP contribution in [0, 0.1) is 0 Å². The molecular formula is C8H12O3. The van der Waals surface area contributed by atoms with Crippen LogP contribution in [0.2, 0.25) is 0 Å². The summed E-state index contributed by atoms with van der Waals surface area (Å²) in [7, 11) is 0. The Morgan fingerprint density at radius 2 is 1.82 bits per heavy atom. The number of carbonyl (C=O) groups is 2. The first-order valence-corrected chi connectivity index (χ1v) is 3.35. The quantitative estimate of drug-likeness (QED) is 0.453. The van der Waals surface area contributed by atoms with E-state index in [-0.39, 0.29) is 18.4 Å². The van der Waals surface area contributed by atoms with Crippen LogP contribution in [0.1, 0.15) is 20.8 Å². The first kappa shape index (κ1) is 9.88. The van der Waals surface area contributed by atoms with Crippen molar-refractivity contribution in [1.29, 1.82) is 0 Å². The summed E-state index contributed by atoms with van der Waals surface area (Å²) >= 11 is 0. The van der Waals surface area contributed by atoms with E-state index in [2.05, 4.69) is 4.74 Å². The third-order valence-corrected chi connectivity index (χ3v) is 1.23. The van der Waals surface area contributed by atoms with E-state index < -0.39 is 0 Å². The van der Waals surface area contributed by atoms with E-state index in [1.54, 1.807) is 13.0 Å². The van der Waals surface area contributed by atoms with Gasteiger partial charge in [0.05, 0.1) is 0 Å². The van der Waals surface area contributed by atoms with Crippen LogP contribution in [-0.4, -0.2) is 18.4 Å². The van der Waals surface area contributed by atoms with E-state index in [4.69, 9.17) is 0 Å². The summed E-state index contributed by atoms with van der Waals surface area (Å²) in [4.78, 5) is 20.9. The first-order valence-electron chi connectivity index (χ1n) is 3.35. The highest BCUT2D eigenvalue weighted by molar-refractivity contribution is 5.92. The molecule has 0 unspecified atom stereocenters. The van der Waals surface area contributed by atoms with Gasteiger partial charge in [0.15, 0.2) is 5.78 Å². The van der Waals surface area contributed by atoms with Gasteiger partial charge < -0.3 is 4.74 Å². The Bertz CT molecular complexity index is 192. The lowest BCUT2D eigenvalue weighted by Gasteiger charge is -1.96. The van der Waals surface area contributed by atoms with Crippen LogP contribution in [0.5, 0.6) is 0 Å². The van der Waals surface area contributed by atoms with Gasteiger partial charge in [0.25, 0.3) is 0 Å². The van der Waals surface area contributed by atoms with Crippen molar-refractivity contribution >= 4 is 11.8 Å². The highest BCUT2D eigenvalue weighted by Gasteiger charge is 1.95. The molecule has 0 saturated carbocycles. The SMILES string of the molecule is CC(=O)OC/C=C(\C)C(C)=O. The van der Waals surface area contributed by atoms with Crippen LogP contribution in [0.3, 0.4) is 0 Å². The summed E-state index contributed by atoms with van der Waals surface area (Å²) in [5.41, 5.74) is 0.617. The number of hydrogen-bond donors (Lipinski definition) is 0. The molecule has 0 fully saturated rings. The number of carbonyl (C=O) groups excluding carboxylic acids is 2. The Morgan fingerprint density at radius 1 is 1.27 bits per heavy atom. The molecule has 0 bridgehead atoms. The molecule has 0 amide bonds. The van der Waals surface area contributed by atoms with Gasteiger partial charge in [0.1, 0.15) is 6.61 Å². The van der Waals surface area contributed by atoms with Gasteiger partial charge in [-0.3, -0.25) is 9.59 Å². The third kappa shape index (κ3) is 5.33. The fourth-order valence-corrected chi connectivity index (χ4v) is 0.428. The number of esters is 1. The van der Waals surface area contributed by atoms with Crippen LogP contribution in [0.15, 0.2) is 11.6 Å². The van der Waals surface area contributed by atoms with Crippen molar-refractivity contribution in [2.75, 3.05) is 6.61 Å². The number of rotatable bonds is 3. The van der Waals surface area contributed by atoms with Gasteiger partial charge in [0, 0.05) is 6.92 Å². The molecule has 0 N–H and O–H groups in total. The molecule has 0 aliphatic heterocycles. The van der Waals surface area contributed by atoms with Gasteiger partial charge in [-0.05, 0) is 25.5 Å². The van der Waals surface area contributed by atoms with Gasteiger partial charge in [-0.25, -0.2) is 0 Å². The van der Waals surface area contributed by atoms with E-state index >= 15 is 0 Å². The molecule has 0 rings (SSSR count). The molecule has 0 aromatic rings. The zero-order valence-corrected chi connectivity index (χ0v) is 7.01. The van der Waals surface area contributed by atoms with Gasteiger partial charge in [0.2, 0.25) is 0 Å². The summed E-state index contributed by atoms with van der Waals surface area (Å²) in [6.07, 6.45) is 1.59. The van der Waals surface area contributed by atoms with Crippen molar-refractivity contribution in [3.05, 3.63) is 11.6 Å². The molecule has 3 heteroatoms. The molecule has 0 aromatic carbocycles. The molecule has 11 heavy (non-hydrogen) atoms. The summed E-state index contributed by atoms with van der Waals surface area (Å²) in [6, 6.07) is 0. The Morgan fingerprint density at radius 3 is 2.18 bits per heavy atom. The zero-order valence-electron chi connectivity index (χ0n) is 7.01. The van der Waals surface area contributed by atoms with Crippen molar-refractivity contribution in [2.24, 2.45) is 0 Å². The van der Waals surface area contributed by atoms with Gasteiger partial charge >= 0.3 is 5.97 Å². The van der Waals surface area contributed by atoms with Crippen molar-refractivity contribution in [3.63, 3.8) is 0 Å². The maximum absolute atomic E-state index is 10.6. The predicted octanol–water partition coefficient (Wildman–Crippen LogP) is 1.08. The van der Waals surface area contributed by atoms with E-state index in [1.165, 1.54) is 13.8 Å². The molecule has 0 aliphatic carbocycles. The lowest BCUT2D eigenvalue weighted by molar-refractivity contribution is -0.139. The standard InChI is InChI=1S/C8H12O3/c1-6(7(2)9)4-5-11-8(3)10/h4H,5H2,1-3H3/b6-4+. The van der Waals surface area contributed by atoms with Crippen LogP contribution < -0.4 is 0 Å². The Kier molecular flexibility index (Phi) is 4.18. The highest BCUT2D eigenvalue weighted by Crippen LogP contribution is 1.93. The molecule has 3 nitrogen and oxygen atoms in total. The Labute approximate surface area is 66.0 Å². The second kappa shape index (κ2) is 4.66. The summed E-state index contributed by atoms with van der Waals surface area (Å²) in [5.74, 6) is -0.338. The topological polar surface area (TPSA) is 43.4 Å². The Balaban J connectivity index is 3.74. The minimum atomic E-state index is -0.336. The first-order chi connectivity index (χ1) is 5.04. The molecule has 0 atom stereocenters. The lowest BCUT2D eigenvalue weighted by Crippen LogP contribution is -2.00. The van der Waals surface area contributed by atoms with Crippen LogP contribution >= 0.6 is 0 Å². The highest BCUT2D eigenvalue weighted by atomic mass is 16.5. The molecule has 0 aliphatic rings. The molecule has 0 heterocycles. The second-order valence-corrected chi connectivity index (χ2v) is 2.25. The van der Waals surface area contributed by atoms with E-state index in [9.17, 15) is 9.59 Å². The summed E-state index contributed by atoms with van der Waals surface area (Å²) in [6.45, 7) is 4.67. The van der Waals surface area contributed by atoms with Crippen LogP contribution in [0.4, 0.5) is 0 Å². The average Bonchev–Trinajstić information content (AvgIpc) is 1.86. The number of ether oxygens (including phenoxy) is 1. The number of allylic oxidation sites excluding steroid dienone is 1. The largest absolute Gasteiger partial charge is 0.462 e. The fraction of sp³-hybridized carbons (Fsp3) is 0.500. The smallest absolute Gasteiger partial charge is 0.302 e. The summed E-state index contributed by atoms with van der Waals surface area (Å²) < 4.78 is 4.60. The fourth-order valence-electron chi connectivity index (χ4n) is 0.428. The molecule has 0 radical (unpaired) electrons. The van der Waals surface area contributed by atoms with Gasteiger partial charge in [-0.15, -0.1) is 0 Å². The minimum Gasteiger partial charge on any atom is -0.462 e. The van der Waals surface area contributed by atoms with Crippen molar-refractivity contribution in [1.82, 2.24) is 0 Å². The van der Waals surface area contributed by atoms with Crippen molar-refractivity contribution in [3.8, 4) is 0 Å². The van der Waals surface area contributed by atoms with Crippen LogP contribution in [0.25, 0.3) is 0 Å². The Hall–Kier alpha value is -1.12. The number of hydrogen-bond acceptors (Lipinski definition) is 3. The third-order valence-electron chi connectivity index (χ3n) is 1.23. The lowest BCUT2D eigenvalue weighted by atomic mass is 10.2. The van der Waals surface area contributed by atoms with Crippen LogP contribution in [-0.2, 0) is 14.3 Å². The molecule has 0 aromatic heterocycles. The normalized spacial score (nSPS) is 11.0. The monoisotopic (exact) mass is 156 g/mol. The molecular weight excluding hydrogens is 144 g/mol. The molecule has 0 saturated heterocycles. The molecule has 0 spiro atoms. The maximum Gasteiger partial charge on any atom is 0.302 e. The van der Waals surface area contributed by atoms with E-state index in [0.29, 0.717) is 5.57 Å².